The van der Waals surface area contributed by atoms with Crippen LogP contribution in [0.5, 0.6) is 5.75 Å². The molecule has 0 bridgehead atoms. The first-order valence-corrected chi connectivity index (χ1v) is 7.60. The second kappa shape index (κ2) is 6.60. The van der Waals surface area contributed by atoms with Gasteiger partial charge in [0.05, 0.1) is 16.6 Å². The van der Waals surface area contributed by atoms with Gasteiger partial charge in [0.15, 0.2) is 0 Å². The number of nitro groups is 1. The number of aromatic nitrogens is 1. The Labute approximate surface area is 142 Å². The Bertz CT molecular complexity index is 937. The summed E-state index contributed by atoms with van der Waals surface area (Å²) >= 11 is 0. The second-order valence-corrected chi connectivity index (χ2v) is 5.36. The first-order chi connectivity index (χ1) is 12.0. The number of nitro benzene ring substituents is 1. The molecule has 0 spiro atoms. The van der Waals surface area contributed by atoms with E-state index in [0.29, 0.717) is 5.76 Å². The van der Waals surface area contributed by atoms with Crippen LogP contribution in [-0.4, -0.2) is 20.9 Å². The average molecular weight is 341 g/mol. The predicted molar refractivity (Wildman–Crippen MR) is 89.0 cm³/mol. The van der Waals surface area contributed by atoms with Crippen molar-refractivity contribution in [1.82, 2.24) is 10.3 Å². The van der Waals surface area contributed by atoms with Gasteiger partial charge >= 0.3 is 0 Å². The van der Waals surface area contributed by atoms with Crippen molar-refractivity contribution in [2.45, 2.75) is 19.4 Å². The maximum atomic E-state index is 11.9. The molecule has 2 aromatic heterocycles. The highest BCUT2D eigenvalue weighted by Crippen LogP contribution is 2.39. The lowest BCUT2D eigenvalue weighted by atomic mass is 9.99. The topological polar surface area (TPSA) is 118 Å². The van der Waals surface area contributed by atoms with E-state index in [1.54, 1.807) is 25.1 Å². The zero-order chi connectivity index (χ0) is 18.0. The third-order valence-corrected chi connectivity index (χ3v) is 3.84. The van der Waals surface area contributed by atoms with Crippen LogP contribution in [0, 0.1) is 10.1 Å². The number of phenols is 1. The number of hydrogen-bond donors (Lipinski definition) is 2. The molecular formula is C17H15N3O5. The summed E-state index contributed by atoms with van der Waals surface area (Å²) in [6.07, 6.45) is 3.07. The molecule has 0 saturated heterocycles. The first kappa shape index (κ1) is 16.4. The number of nitrogens with zero attached hydrogens (tertiary/aromatic N) is 2. The van der Waals surface area contributed by atoms with Crippen LogP contribution in [0.2, 0.25) is 0 Å². The van der Waals surface area contributed by atoms with Crippen LogP contribution in [0.25, 0.3) is 10.9 Å². The van der Waals surface area contributed by atoms with Crippen molar-refractivity contribution in [3.8, 4) is 5.75 Å². The standard InChI is InChI=1S/C17H15N3O5/c1-2-14(21)19-15(13-6-4-8-25-13)11-9-12(20(23)24)10-5-3-7-18-16(10)17(11)22/h3-9,15,22H,2H2,1H3,(H,19,21)/t15-/m1/s1. The molecule has 2 heterocycles. The van der Waals surface area contributed by atoms with Crippen LogP contribution in [0.1, 0.15) is 30.7 Å². The summed E-state index contributed by atoms with van der Waals surface area (Å²) in [5.74, 6) is -0.176. The molecule has 1 aromatic carbocycles. The molecular weight excluding hydrogens is 326 g/mol. The highest BCUT2D eigenvalue weighted by atomic mass is 16.6. The number of nitrogens with one attached hydrogen (secondary N) is 1. The van der Waals surface area contributed by atoms with Crippen molar-refractivity contribution in [1.29, 1.82) is 0 Å². The number of rotatable bonds is 5. The lowest BCUT2D eigenvalue weighted by molar-refractivity contribution is -0.383. The van der Waals surface area contributed by atoms with Crippen LogP contribution >= 0.6 is 0 Å². The minimum atomic E-state index is -0.868. The van der Waals surface area contributed by atoms with E-state index in [4.69, 9.17) is 4.42 Å². The van der Waals surface area contributed by atoms with Crippen molar-refractivity contribution in [2.24, 2.45) is 0 Å². The fraction of sp³-hybridized carbons (Fsp3) is 0.176. The van der Waals surface area contributed by atoms with E-state index >= 15 is 0 Å². The summed E-state index contributed by atoms with van der Waals surface area (Å²) in [5, 5.41) is 25.0. The number of fused-ring (bicyclic) bond motifs is 1. The Morgan fingerprint density at radius 1 is 1.44 bits per heavy atom. The number of hydrogen-bond acceptors (Lipinski definition) is 6. The average Bonchev–Trinajstić information content (AvgIpc) is 3.14. The SMILES string of the molecule is CCC(=O)N[C@@H](c1ccco1)c1cc([N+](=O)[O-])c2cccnc2c1O. The third-order valence-electron chi connectivity index (χ3n) is 3.84. The van der Waals surface area contributed by atoms with Gasteiger partial charge in [-0.05, 0) is 24.3 Å². The number of pyridine rings is 1. The maximum Gasteiger partial charge on any atom is 0.279 e. The number of carbonyl (C=O) groups excluding carboxylic acids is 1. The van der Waals surface area contributed by atoms with E-state index in [-0.39, 0.29) is 40.2 Å². The summed E-state index contributed by atoms with van der Waals surface area (Å²) in [5.41, 5.74) is 0.0295. The Morgan fingerprint density at radius 2 is 2.24 bits per heavy atom. The summed E-state index contributed by atoms with van der Waals surface area (Å²) < 4.78 is 5.35. The maximum absolute atomic E-state index is 11.9. The minimum absolute atomic E-state index is 0.0917. The summed E-state index contributed by atoms with van der Waals surface area (Å²) in [4.78, 5) is 26.9. The number of furan rings is 1. The van der Waals surface area contributed by atoms with Gasteiger partial charge in [-0.3, -0.25) is 19.9 Å². The molecule has 0 aliphatic rings. The molecule has 8 heteroatoms. The van der Waals surface area contributed by atoms with Gasteiger partial charge in [-0.25, -0.2) is 0 Å². The second-order valence-electron chi connectivity index (χ2n) is 5.36. The molecule has 8 nitrogen and oxygen atoms in total. The molecule has 3 rings (SSSR count). The Kier molecular flexibility index (Phi) is 4.34. The molecule has 1 amide bonds. The number of benzene rings is 1. The summed E-state index contributed by atoms with van der Waals surface area (Å²) in [6, 6.07) is 6.68. The van der Waals surface area contributed by atoms with E-state index in [1.165, 1.54) is 24.6 Å². The van der Waals surface area contributed by atoms with Crippen molar-refractivity contribution in [2.75, 3.05) is 0 Å². The van der Waals surface area contributed by atoms with Gasteiger partial charge in [-0.1, -0.05) is 6.92 Å². The largest absolute Gasteiger partial charge is 0.505 e. The molecule has 0 unspecified atom stereocenters. The molecule has 1 atom stereocenters. The van der Waals surface area contributed by atoms with E-state index in [1.807, 2.05) is 0 Å². The molecule has 0 saturated carbocycles. The van der Waals surface area contributed by atoms with Crippen molar-refractivity contribution in [3.63, 3.8) is 0 Å². The van der Waals surface area contributed by atoms with E-state index < -0.39 is 11.0 Å². The van der Waals surface area contributed by atoms with Crippen LogP contribution in [-0.2, 0) is 4.79 Å². The van der Waals surface area contributed by atoms with Crippen molar-refractivity contribution in [3.05, 3.63) is 64.2 Å². The normalized spacial score (nSPS) is 12.0. The van der Waals surface area contributed by atoms with E-state index in [2.05, 4.69) is 10.3 Å². The molecule has 0 radical (unpaired) electrons. The lowest BCUT2D eigenvalue weighted by Gasteiger charge is -2.18. The fourth-order valence-corrected chi connectivity index (χ4v) is 2.62. The zero-order valence-electron chi connectivity index (χ0n) is 13.3. The van der Waals surface area contributed by atoms with Gasteiger partial charge in [0.2, 0.25) is 5.91 Å². The van der Waals surface area contributed by atoms with Crippen LogP contribution in [0.15, 0.2) is 47.2 Å². The van der Waals surface area contributed by atoms with E-state index in [0.717, 1.165) is 0 Å². The highest BCUT2D eigenvalue weighted by molar-refractivity contribution is 5.93. The first-order valence-electron chi connectivity index (χ1n) is 7.60. The van der Waals surface area contributed by atoms with Gasteiger partial charge < -0.3 is 14.8 Å². The third kappa shape index (κ3) is 3.01. The van der Waals surface area contributed by atoms with E-state index in [9.17, 15) is 20.0 Å². The molecule has 128 valence electrons. The number of phenolic OH excluding ortho intramolecular Hbond substituents is 1. The van der Waals surface area contributed by atoms with Crippen LogP contribution in [0.4, 0.5) is 5.69 Å². The van der Waals surface area contributed by atoms with Crippen LogP contribution in [0.3, 0.4) is 0 Å². The van der Waals surface area contributed by atoms with Gasteiger partial charge in [0, 0.05) is 24.2 Å². The zero-order valence-corrected chi connectivity index (χ0v) is 13.3. The fourth-order valence-electron chi connectivity index (χ4n) is 2.62. The van der Waals surface area contributed by atoms with Gasteiger partial charge in [0.25, 0.3) is 5.69 Å². The van der Waals surface area contributed by atoms with Crippen molar-refractivity contribution < 1.29 is 19.2 Å². The molecule has 25 heavy (non-hydrogen) atoms. The number of carbonyl (C=O) groups is 1. The van der Waals surface area contributed by atoms with Gasteiger partial charge in [-0.15, -0.1) is 0 Å². The Morgan fingerprint density at radius 3 is 2.88 bits per heavy atom. The predicted octanol–water partition coefficient (Wildman–Crippen LogP) is 3.06. The number of non-ortho nitro benzene ring substituents is 1. The molecule has 2 N–H and O–H groups in total. The van der Waals surface area contributed by atoms with Gasteiger partial charge in [0.1, 0.15) is 23.1 Å². The van der Waals surface area contributed by atoms with Crippen LogP contribution < -0.4 is 5.32 Å². The quantitative estimate of drug-likeness (QED) is 0.544. The number of amides is 1. The van der Waals surface area contributed by atoms with Crippen molar-refractivity contribution >= 4 is 22.5 Å². The molecule has 3 aromatic rings. The highest BCUT2D eigenvalue weighted by Gasteiger charge is 2.28. The monoisotopic (exact) mass is 341 g/mol. The molecule has 0 fully saturated rings. The Hall–Kier alpha value is -3.42. The summed E-state index contributed by atoms with van der Waals surface area (Å²) in [7, 11) is 0. The smallest absolute Gasteiger partial charge is 0.279 e. The van der Waals surface area contributed by atoms with Gasteiger partial charge in [-0.2, -0.15) is 0 Å². The summed E-state index contributed by atoms with van der Waals surface area (Å²) in [6.45, 7) is 1.68. The number of aromatic hydroxyl groups is 1. The minimum Gasteiger partial charge on any atom is -0.505 e. The molecule has 0 aliphatic carbocycles. The lowest BCUT2D eigenvalue weighted by Crippen LogP contribution is -2.28. The molecule has 0 aliphatic heterocycles. The Balaban J connectivity index is 2.25.